The molecular weight excluding hydrogens is 176 g/mol. The van der Waals surface area contributed by atoms with Gasteiger partial charge in [-0.05, 0) is 30.5 Å². The molecule has 1 aromatic rings. The number of hydrogen-bond acceptors (Lipinski definition) is 3. The number of anilines is 2. The minimum absolute atomic E-state index is 0.373. The van der Waals surface area contributed by atoms with Crippen LogP contribution in [0.15, 0.2) is 12.1 Å². The van der Waals surface area contributed by atoms with Gasteiger partial charge in [0, 0.05) is 26.3 Å². The molecule has 3 heteroatoms. The van der Waals surface area contributed by atoms with Crippen molar-refractivity contribution in [1.29, 1.82) is 0 Å². The molecule has 1 heterocycles. The fraction of sp³-hybridized carbons (Fsp3) is 0.455. The van der Waals surface area contributed by atoms with Gasteiger partial charge >= 0.3 is 0 Å². The van der Waals surface area contributed by atoms with Crippen LogP contribution in [0.3, 0.4) is 0 Å². The van der Waals surface area contributed by atoms with Crippen molar-refractivity contribution in [2.24, 2.45) is 0 Å². The molecule has 1 aromatic carbocycles. The number of nitrogens with zero attached hydrogens (tertiary/aromatic N) is 1. The first-order valence-electron chi connectivity index (χ1n) is 4.95. The number of nitrogens with one attached hydrogen (secondary N) is 1. The standard InChI is InChI=1S/C11H16N2O/c1-13(2)10-7-9-8(6-11(10)14)4-3-5-12-9/h6-7,12,14H,3-5H2,1-2H3. The Hall–Kier alpha value is -1.38. The predicted molar refractivity (Wildman–Crippen MR) is 59.2 cm³/mol. The summed E-state index contributed by atoms with van der Waals surface area (Å²) in [4.78, 5) is 1.92. The Balaban J connectivity index is 2.45. The third-order valence-corrected chi connectivity index (χ3v) is 2.62. The summed E-state index contributed by atoms with van der Waals surface area (Å²) in [6.07, 6.45) is 2.21. The van der Waals surface area contributed by atoms with E-state index in [0.717, 1.165) is 30.8 Å². The van der Waals surface area contributed by atoms with Crippen LogP contribution >= 0.6 is 0 Å². The quantitative estimate of drug-likeness (QED) is 0.666. The lowest BCUT2D eigenvalue weighted by atomic mass is 10.0. The van der Waals surface area contributed by atoms with Gasteiger partial charge in [-0.15, -0.1) is 0 Å². The Morgan fingerprint density at radius 3 is 2.86 bits per heavy atom. The molecule has 0 unspecified atom stereocenters. The second-order valence-electron chi connectivity index (χ2n) is 3.92. The summed E-state index contributed by atoms with van der Waals surface area (Å²) in [5.41, 5.74) is 3.26. The van der Waals surface area contributed by atoms with Crippen molar-refractivity contribution in [3.63, 3.8) is 0 Å². The largest absolute Gasteiger partial charge is 0.506 e. The smallest absolute Gasteiger partial charge is 0.139 e. The van der Waals surface area contributed by atoms with Crippen molar-refractivity contribution in [3.05, 3.63) is 17.7 Å². The first kappa shape index (κ1) is 9.19. The van der Waals surface area contributed by atoms with E-state index in [0.29, 0.717) is 5.75 Å². The van der Waals surface area contributed by atoms with Gasteiger partial charge in [0.15, 0.2) is 0 Å². The number of benzene rings is 1. The number of hydrogen-bond donors (Lipinski definition) is 2. The van der Waals surface area contributed by atoms with Gasteiger partial charge in [-0.2, -0.15) is 0 Å². The van der Waals surface area contributed by atoms with Crippen LogP contribution in [0.2, 0.25) is 0 Å². The van der Waals surface area contributed by atoms with Crippen LogP contribution in [0.1, 0.15) is 12.0 Å². The maximum atomic E-state index is 9.77. The zero-order chi connectivity index (χ0) is 10.1. The average Bonchev–Trinajstić information content (AvgIpc) is 2.16. The predicted octanol–water partition coefficient (Wildman–Crippen LogP) is 1.82. The molecule has 0 bridgehead atoms. The Morgan fingerprint density at radius 1 is 1.36 bits per heavy atom. The lowest BCUT2D eigenvalue weighted by Crippen LogP contribution is -2.14. The van der Waals surface area contributed by atoms with E-state index < -0.39 is 0 Å². The number of aromatic hydroxyl groups is 1. The molecule has 0 spiro atoms. The molecule has 14 heavy (non-hydrogen) atoms. The summed E-state index contributed by atoms with van der Waals surface area (Å²) in [6.45, 7) is 1.03. The van der Waals surface area contributed by atoms with Gasteiger partial charge in [0.25, 0.3) is 0 Å². The van der Waals surface area contributed by atoms with Crippen LogP contribution in [-0.4, -0.2) is 25.7 Å². The van der Waals surface area contributed by atoms with Crippen LogP contribution in [0, 0.1) is 0 Å². The Morgan fingerprint density at radius 2 is 2.14 bits per heavy atom. The van der Waals surface area contributed by atoms with Crippen LogP contribution in [0.4, 0.5) is 11.4 Å². The summed E-state index contributed by atoms with van der Waals surface area (Å²) in [5.74, 6) is 0.373. The van der Waals surface area contributed by atoms with Gasteiger partial charge in [-0.25, -0.2) is 0 Å². The van der Waals surface area contributed by atoms with E-state index in [-0.39, 0.29) is 0 Å². The molecular formula is C11H16N2O. The fourth-order valence-corrected chi connectivity index (χ4v) is 1.85. The van der Waals surface area contributed by atoms with E-state index in [1.54, 1.807) is 0 Å². The number of phenols is 1. The van der Waals surface area contributed by atoms with E-state index in [2.05, 4.69) is 5.32 Å². The highest BCUT2D eigenvalue weighted by atomic mass is 16.3. The van der Waals surface area contributed by atoms with Crippen LogP contribution in [-0.2, 0) is 6.42 Å². The van der Waals surface area contributed by atoms with Gasteiger partial charge in [0.2, 0.25) is 0 Å². The number of fused-ring (bicyclic) bond motifs is 1. The highest BCUT2D eigenvalue weighted by molar-refractivity contribution is 5.69. The Kier molecular flexibility index (Phi) is 2.23. The second-order valence-corrected chi connectivity index (χ2v) is 3.92. The summed E-state index contributed by atoms with van der Waals surface area (Å²) in [5, 5.41) is 13.1. The van der Waals surface area contributed by atoms with Gasteiger partial charge in [-0.3, -0.25) is 0 Å². The van der Waals surface area contributed by atoms with Crippen molar-refractivity contribution in [2.45, 2.75) is 12.8 Å². The van der Waals surface area contributed by atoms with E-state index in [1.165, 1.54) is 5.56 Å². The van der Waals surface area contributed by atoms with E-state index in [9.17, 15) is 5.11 Å². The Labute approximate surface area is 84.4 Å². The van der Waals surface area contributed by atoms with Gasteiger partial charge in [-0.1, -0.05) is 0 Å². The van der Waals surface area contributed by atoms with Crippen molar-refractivity contribution in [1.82, 2.24) is 0 Å². The maximum Gasteiger partial charge on any atom is 0.139 e. The molecule has 76 valence electrons. The minimum atomic E-state index is 0.373. The zero-order valence-corrected chi connectivity index (χ0v) is 8.67. The van der Waals surface area contributed by atoms with E-state index >= 15 is 0 Å². The molecule has 0 aromatic heterocycles. The molecule has 2 rings (SSSR count). The number of aryl methyl sites for hydroxylation is 1. The van der Waals surface area contributed by atoms with Crippen LogP contribution < -0.4 is 10.2 Å². The van der Waals surface area contributed by atoms with Crippen molar-refractivity contribution in [3.8, 4) is 5.75 Å². The number of rotatable bonds is 1. The normalized spacial score (nSPS) is 14.4. The molecule has 1 aliphatic rings. The monoisotopic (exact) mass is 192 g/mol. The molecule has 3 nitrogen and oxygen atoms in total. The number of phenolic OH excluding ortho intramolecular Hbond substituents is 1. The molecule has 0 fully saturated rings. The highest BCUT2D eigenvalue weighted by Crippen LogP contribution is 2.34. The lowest BCUT2D eigenvalue weighted by molar-refractivity contribution is 0.474. The fourth-order valence-electron chi connectivity index (χ4n) is 1.85. The lowest BCUT2D eigenvalue weighted by Gasteiger charge is -2.22. The second kappa shape index (κ2) is 3.40. The molecule has 0 radical (unpaired) electrons. The van der Waals surface area contributed by atoms with Gasteiger partial charge in [0.1, 0.15) is 5.75 Å². The van der Waals surface area contributed by atoms with Crippen molar-refractivity contribution in [2.75, 3.05) is 30.9 Å². The maximum absolute atomic E-state index is 9.77. The van der Waals surface area contributed by atoms with Gasteiger partial charge in [0.05, 0.1) is 5.69 Å². The molecule has 0 saturated carbocycles. The van der Waals surface area contributed by atoms with E-state index in [4.69, 9.17) is 0 Å². The molecule has 0 saturated heterocycles. The first-order chi connectivity index (χ1) is 6.68. The molecule has 2 N–H and O–H groups in total. The molecule has 0 amide bonds. The molecule has 0 aliphatic carbocycles. The van der Waals surface area contributed by atoms with Crippen LogP contribution in [0.5, 0.6) is 5.75 Å². The third kappa shape index (κ3) is 1.50. The average molecular weight is 192 g/mol. The Bertz CT molecular complexity index is 347. The first-order valence-corrected chi connectivity index (χ1v) is 4.95. The van der Waals surface area contributed by atoms with Crippen molar-refractivity contribution >= 4 is 11.4 Å². The zero-order valence-electron chi connectivity index (χ0n) is 8.67. The highest BCUT2D eigenvalue weighted by Gasteiger charge is 2.13. The van der Waals surface area contributed by atoms with Gasteiger partial charge < -0.3 is 15.3 Å². The molecule has 0 atom stereocenters. The summed E-state index contributed by atoms with van der Waals surface area (Å²) in [7, 11) is 3.87. The summed E-state index contributed by atoms with van der Waals surface area (Å²) < 4.78 is 0. The van der Waals surface area contributed by atoms with Crippen molar-refractivity contribution < 1.29 is 5.11 Å². The third-order valence-electron chi connectivity index (χ3n) is 2.62. The van der Waals surface area contributed by atoms with Crippen LogP contribution in [0.25, 0.3) is 0 Å². The van der Waals surface area contributed by atoms with E-state index in [1.807, 2.05) is 31.1 Å². The minimum Gasteiger partial charge on any atom is -0.506 e. The summed E-state index contributed by atoms with van der Waals surface area (Å²) in [6, 6.07) is 3.89. The topological polar surface area (TPSA) is 35.5 Å². The summed E-state index contributed by atoms with van der Waals surface area (Å²) >= 11 is 0. The molecule has 1 aliphatic heterocycles. The SMILES string of the molecule is CN(C)c1cc2c(cc1O)CCCN2.